The summed E-state index contributed by atoms with van der Waals surface area (Å²) in [6, 6.07) is 19.2. The zero-order valence-electron chi connectivity index (χ0n) is 14.9. The molecule has 0 saturated heterocycles. The van der Waals surface area contributed by atoms with Crippen molar-refractivity contribution in [2.75, 3.05) is 20.8 Å². The van der Waals surface area contributed by atoms with Crippen molar-refractivity contribution in [1.82, 2.24) is 0 Å². The van der Waals surface area contributed by atoms with Crippen molar-refractivity contribution in [3.05, 3.63) is 71.8 Å². The maximum absolute atomic E-state index is 9.74. The van der Waals surface area contributed by atoms with Crippen LogP contribution in [-0.4, -0.2) is 38.1 Å². The van der Waals surface area contributed by atoms with Gasteiger partial charge in [-0.25, -0.2) is 0 Å². The number of ether oxygens (including phenoxy) is 4. The molecule has 0 radical (unpaired) electrons. The lowest BCUT2D eigenvalue weighted by molar-refractivity contribution is -0.232. The van der Waals surface area contributed by atoms with Crippen molar-refractivity contribution in [1.29, 1.82) is 0 Å². The molecule has 3 unspecified atom stereocenters. The molecule has 5 nitrogen and oxygen atoms in total. The van der Waals surface area contributed by atoms with Gasteiger partial charge in [0.15, 0.2) is 12.6 Å². The molecule has 0 aliphatic rings. The van der Waals surface area contributed by atoms with Crippen LogP contribution in [0.3, 0.4) is 0 Å². The standard InChI is InChI=1S/C20H26O5/c1-15(24-19(22-2)16-10-6-4-7-11-16)18(14-21)25-20(23-3)17-12-8-5-9-13-17/h4-13,15,18-21H,14H2,1-3H3/t15?,18?,19-,20?/m1/s1. The molecular formula is C20H26O5. The maximum Gasteiger partial charge on any atom is 0.184 e. The van der Waals surface area contributed by atoms with Crippen LogP contribution in [0.2, 0.25) is 0 Å². The van der Waals surface area contributed by atoms with Gasteiger partial charge in [-0.3, -0.25) is 0 Å². The van der Waals surface area contributed by atoms with Gasteiger partial charge in [0.1, 0.15) is 6.10 Å². The van der Waals surface area contributed by atoms with Crippen LogP contribution in [-0.2, 0) is 18.9 Å². The minimum absolute atomic E-state index is 0.195. The summed E-state index contributed by atoms with van der Waals surface area (Å²) in [6.45, 7) is 1.65. The monoisotopic (exact) mass is 346 g/mol. The predicted molar refractivity (Wildman–Crippen MR) is 94.9 cm³/mol. The second-order valence-electron chi connectivity index (χ2n) is 5.65. The van der Waals surface area contributed by atoms with E-state index in [2.05, 4.69) is 0 Å². The second kappa shape index (κ2) is 10.3. The van der Waals surface area contributed by atoms with Gasteiger partial charge in [-0.1, -0.05) is 60.7 Å². The van der Waals surface area contributed by atoms with Gasteiger partial charge in [-0.2, -0.15) is 0 Å². The molecule has 2 aromatic carbocycles. The van der Waals surface area contributed by atoms with E-state index in [0.717, 1.165) is 11.1 Å². The van der Waals surface area contributed by atoms with Gasteiger partial charge in [0.25, 0.3) is 0 Å². The normalized spacial score (nSPS) is 16.2. The molecule has 5 heteroatoms. The average Bonchev–Trinajstić information content (AvgIpc) is 2.68. The second-order valence-corrected chi connectivity index (χ2v) is 5.65. The number of benzene rings is 2. The SMILES string of the molecule is COC(OC(CO)C(C)O[C@@H](OC)c1ccccc1)c1ccccc1. The summed E-state index contributed by atoms with van der Waals surface area (Å²) in [5.41, 5.74) is 1.78. The summed E-state index contributed by atoms with van der Waals surface area (Å²) in [5, 5.41) is 9.74. The number of methoxy groups -OCH3 is 2. The molecule has 0 heterocycles. The Morgan fingerprint density at radius 2 is 1.20 bits per heavy atom. The van der Waals surface area contributed by atoms with E-state index in [9.17, 15) is 5.11 Å². The highest BCUT2D eigenvalue weighted by atomic mass is 16.7. The quantitative estimate of drug-likeness (QED) is 0.668. The Labute approximate surface area is 149 Å². The van der Waals surface area contributed by atoms with E-state index in [4.69, 9.17) is 18.9 Å². The first-order valence-corrected chi connectivity index (χ1v) is 8.26. The average molecular weight is 346 g/mol. The molecule has 136 valence electrons. The Balaban J connectivity index is 2.03. The lowest BCUT2D eigenvalue weighted by Crippen LogP contribution is -2.35. The van der Waals surface area contributed by atoms with Crippen molar-refractivity contribution in [2.45, 2.75) is 31.7 Å². The van der Waals surface area contributed by atoms with Gasteiger partial charge in [0.2, 0.25) is 0 Å². The van der Waals surface area contributed by atoms with E-state index in [-0.39, 0.29) is 6.61 Å². The smallest absolute Gasteiger partial charge is 0.184 e. The Morgan fingerprint density at radius 3 is 1.60 bits per heavy atom. The van der Waals surface area contributed by atoms with E-state index in [1.165, 1.54) is 0 Å². The summed E-state index contributed by atoms with van der Waals surface area (Å²) in [6.07, 6.45) is -2.09. The lowest BCUT2D eigenvalue weighted by atomic mass is 10.2. The summed E-state index contributed by atoms with van der Waals surface area (Å²) >= 11 is 0. The Morgan fingerprint density at radius 1 is 0.760 bits per heavy atom. The van der Waals surface area contributed by atoms with Crippen LogP contribution >= 0.6 is 0 Å². The first kappa shape index (κ1) is 19.6. The summed E-state index contributed by atoms with van der Waals surface area (Å²) < 4.78 is 22.7. The molecule has 2 rings (SSSR count). The fourth-order valence-electron chi connectivity index (χ4n) is 2.50. The van der Waals surface area contributed by atoms with Crippen molar-refractivity contribution in [3.8, 4) is 0 Å². The van der Waals surface area contributed by atoms with Gasteiger partial charge in [0.05, 0.1) is 12.7 Å². The Hall–Kier alpha value is -1.76. The molecular weight excluding hydrogens is 320 g/mol. The van der Waals surface area contributed by atoms with Crippen LogP contribution in [0.5, 0.6) is 0 Å². The summed E-state index contributed by atoms with van der Waals surface area (Å²) in [4.78, 5) is 0. The molecule has 0 saturated carbocycles. The van der Waals surface area contributed by atoms with Crippen LogP contribution in [0.15, 0.2) is 60.7 Å². The molecule has 2 aromatic rings. The fraction of sp³-hybridized carbons (Fsp3) is 0.400. The van der Waals surface area contributed by atoms with Crippen LogP contribution in [0.25, 0.3) is 0 Å². The molecule has 0 fully saturated rings. The molecule has 4 atom stereocenters. The molecule has 1 N–H and O–H groups in total. The van der Waals surface area contributed by atoms with Gasteiger partial charge < -0.3 is 24.1 Å². The topological polar surface area (TPSA) is 57.2 Å². The summed E-state index contributed by atoms with van der Waals surface area (Å²) in [5.74, 6) is 0. The third-order valence-corrected chi connectivity index (χ3v) is 3.91. The number of aliphatic hydroxyl groups excluding tert-OH is 1. The highest BCUT2D eigenvalue weighted by molar-refractivity contribution is 5.17. The predicted octanol–water partition coefficient (Wildman–Crippen LogP) is 3.46. The minimum atomic E-state index is -0.581. The minimum Gasteiger partial charge on any atom is -0.394 e. The molecule has 0 spiro atoms. The lowest BCUT2D eigenvalue weighted by Gasteiger charge is -2.29. The van der Waals surface area contributed by atoms with Crippen LogP contribution in [0, 0.1) is 0 Å². The Kier molecular flexibility index (Phi) is 8.04. The number of aliphatic hydroxyl groups is 1. The third-order valence-electron chi connectivity index (χ3n) is 3.91. The molecule has 0 aliphatic carbocycles. The van der Waals surface area contributed by atoms with Crippen LogP contribution in [0.1, 0.15) is 30.6 Å². The molecule has 0 amide bonds. The van der Waals surface area contributed by atoms with Crippen molar-refractivity contribution >= 4 is 0 Å². The van der Waals surface area contributed by atoms with Crippen LogP contribution < -0.4 is 0 Å². The Bertz CT molecular complexity index is 590. The van der Waals surface area contributed by atoms with E-state index >= 15 is 0 Å². The molecule has 0 aromatic heterocycles. The number of hydrogen-bond acceptors (Lipinski definition) is 5. The highest BCUT2D eigenvalue weighted by Crippen LogP contribution is 2.25. The van der Waals surface area contributed by atoms with E-state index < -0.39 is 24.8 Å². The van der Waals surface area contributed by atoms with E-state index in [0.29, 0.717) is 0 Å². The summed E-state index contributed by atoms with van der Waals surface area (Å²) in [7, 11) is 3.15. The zero-order valence-corrected chi connectivity index (χ0v) is 14.9. The van der Waals surface area contributed by atoms with E-state index in [1.807, 2.05) is 67.6 Å². The van der Waals surface area contributed by atoms with Crippen molar-refractivity contribution in [2.24, 2.45) is 0 Å². The number of hydrogen-bond donors (Lipinski definition) is 1. The van der Waals surface area contributed by atoms with Gasteiger partial charge in [-0.05, 0) is 6.92 Å². The van der Waals surface area contributed by atoms with E-state index in [1.54, 1.807) is 14.2 Å². The largest absolute Gasteiger partial charge is 0.394 e. The van der Waals surface area contributed by atoms with Crippen LogP contribution in [0.4, 0.5) is 0 Å². The van der Waals surface area contributed by atoms with Crippen molar-refractivity contribution < 1.29 is 24.1 Å². The number of rotatable bonds is 10. The highest BCUT2D eigenvalue weighted by Gasteiger charge is 2.26. The third kappa shape index (κ3) is 5.63. The fourth-order valence-corrected chi connectivity index (χ4v) is 2.50. The van der Waals surface area contributed by atoms with Crippen molar-refractivity contribution in [3.63, 3.8) is 0 Å². The first-order chi connectivity index (χ1) is 12.2. The molecule has 0 aliphatic heterocycles. The van der Waals surface area contributed by atoms with Gasteiger partial charge >= 0.3 is 0 Å². The molecule has 0 bridgehead atoms. The first-order valence-electron chi connectivity index (χ1n) is 8.26. The van der Waals surface area contributed by atoms with Gasteiger partial charge in [0, 0.05) is 25.3 Å². The zero-order chi connectivity index (χ0) is 18.1. The maximum atomic E-state index is 9.74. The molecule has 25 heavy (non-hydrogen) atoms. The van der Waals surface area contributed by atoms with Gasteiger partial charge in [-0.15, -0.1) is 0 Å².